The van der Waals surface area contributed by atoms with Gasteiger partial charge >= 0.3 is 0 Å². The Morgan fingerprint density at radius 3 is 2.83 bits per heavy atom. The quantitative estimate of drug-likeness (QED) is 0.865. The lowest BCUT2D eigenvalue weighted by molar-refractivity contribution is -0.117. The number of carbonyl (C=O) groups is 1. The summed E-state index contributed by atoms with van der Waals surface area (Å²) in [5.74, 6) is 2.13. The summed E-state index contributed by atoms with van der Waals surface area (Å²) in [5.41, 5.74) is 1.80. The van der Waals surface area contributed by atoms with Gasteiger partial charge < -0.3 is 10.2 Å². The number of aromatic nitrogens is 2. The van der Waals surface area contributed by atoms with Crippen molar-refractivity contribution in [3.8, 4) is 0 Å². The molecule has 118 valence electrons. The smallest absolute Gasteiger partial charge is 0.227 e. The van der Waals surface area contributed by atoms with Crippen LogP contribution in [0.25, 0.3) is 0 Å². The molecule has 5 nitrogen and oxygen atoms in total. The maximum absolute atomic E-state index is 11.9. The standard InChI is InChI=1S/C17H17ClN4O/c18-14-10-15(21-17(20-14)11-6-7-11)19-12-3-1-4-13(9-12)22-8-2-5-16(22)23/h1,3-4,9-11H,2,5-8H2,(H,19,20,21). The van der Waals surface area contributed by atoms with Crippen LogP contribution in [-0.4, -0.2) is 22.4 Å². The lowest BCUT2D eigenvalue weighted by Gasteiger charge is -2.17. The first-order valence-electron chi connectivity index (χ1n) is 7.91. The largest absolute Gasteiger partial charge is 0.340 e. The molecule has 2 fully saturated rings. The number of amides is 1. The van der Waals surface area contributed by atoms with Crippen molar-refractivity contribution in [2.75, 3.05) is 16.8 Å². The molecule has 23 heavy (non-hydrogen) atoms. The van der Waals surface area contributed by atoms with Crippen LogP contribution in [0.4, 0.5) is 17.2 Å². The molecule has 1 aromatic heterocycles. The Bertz CT molecular complexity index is 760. The molecular formula is C17H17ClN4O. The van der Waals surface area contributed by atoms with Gasteiger partial charge in [0.2, 0.25) is 5.91 Å². The van der Waals surface area contributed by atoms with Gasteiger partial charge in [0.15, 0.2) is 0 Å². The van der Waals surface area contributed by atoms with E-state index in [1.54, 1.807) is 6.07 Å². The Morgan fingerprint density at radius 1 is 1.22 bits per heavy atom. The highest BCUT2D eigenvalue weighted by Crippen LogP contribution is 2.39. The van der Waals surface area contributed by atoms with E-state index >= 15 is 0 Å². The first-order valence-corrected chi connectivity index (χ1v) is 8.29. The van der Waals surface area contributed by atoms with E-state index in [1.807, 2.05) is 29.2 Å². The SMILES string of the molecule is O=C1CCCN1c1cccc(Nc2cc(Cl)nc(C3CC3)n2)c1. The maximum atomic E-state index is 11.9. The molecule has 1 aliphatic carbocycles. The van der Waals surface area contributed by atoms with Gasteiger partial charge in [-0.05, 0) is 37.5 Å². The Balaban J connectivity index is 1.58. The van der Waals surface area contributed by atoms with Crippen molar-refractivity contribution in [1.82, 2.24) is 9.97 Å². The minimum absolute atomic E-state index is 0.184. The molecule has 0 unspecified atom stereocenters. The molecule has 0 radical (unpaired) electrons. The van der Waals surface area contributed by atoms with Crippen LogP contribution in [0.5, 0.6) is 0 Å². The molecule has 1 amide bonds. The monoisotopic (exact) mass is 328 g/mol. The maximum Gasteiger partial charge on any atom is 0.227 e. The van der Waals surface area contributed by atoms with Gasteiger partial charge in [-0.2, -0.15) is 0 Å². The van der Waals surface area contributed by atoms with Gasteiger partial charge in [-0.25, -0.2) is 9.97 Å². The van der Waals surface area contributed by atoms with Crippen LogP contribution < -0.4 is 10.2 Å². The number of nitrogens with one attached hydrogen (secondary N) is 1. The third-order valence-electron chi connectivity index (χ3n) is 4.16. The van der Waals surface area contributed by atoms with Gasteiger partial charge in [-0.3, -0.25) is 4.79 Å². The van der Waals surface area contributed by atoms with Crippen molar-refractivity contribution in [2.24, 2.45) is 0 Å². The normalized spacial score (nSPS) is 17.6. The van der Waals surface area contributed by atoms with E-state index in [9.17, 15) is 4.79 Å². The first-order chi connectivity index (χ1) is 11.2. The van der Waals surface area contributed by atoms with E-state index in [2.05, 4.69) is 15.3 Å². The number of nitrogens with zero attached hydrogens (tertiary/aromatic N) is 3. The van der Waals surface area contributed by atoms with E-state index in [0.717, 1.165) is 43.0 Å². The van der Waals surface area contributed by atoms with Gasteiger partial charge in [0, 0.05) is 36.3 Å². The Hall–Kier alpha value is -2.14. The lowest BCUT2D eigenvalue weighted by Crippen LogP contribution is -2.23. The fraction of sp³-hybridized carbons (Fsp3) is 0.353. The number of hydrogen-bond acceptors (Lipinski definition) is 4. The fourth-order valence-corrected chi connectivity index (χ4v) is 3.03. The zero-order chi connectivity index (χ0) is 15.8. The Kier molecular flexibility index (Phi) is 3.65. The second-order valence-corrected chi connectivity index (χ2v) is 6.42. The van der Waals surface area contributed by atoms with Gasteiger partial charge in [0.25, 0.3) is 0 Å². The zero-order valence-corrected chi connectivity index (χ0v) is 13.4. The Morgan fingerprint density at radius 2 is 2.09 bits per heavy atom. The van der Waals surface area contributed by atoms with Crippen LogP contribution in [-0.2, 0) is 4.79 Å². The summed E-state index contributed by atoms with van der Waals surface area (Å²) in [5, 5.41) is 3.73. The molecule has 1 aliphatic heterocycles. The molecule has 2 aromatic rings. The van der Waals surface area contributed by atoms with Crippen molar-refractivity contribution < 1.29 is 4.79 Å². The summed E-state index contributed by atoms with van der Waals surface area (Å²) in [6, 6.07) is 9.54. The third-order valence-corrected chi connectivity index (χ3v) is 4.35. The summed E-state index contributed by atoms with van der Waals surface area (Å²) in [6.45, 7) is 0.785. The molecule has 1 aromatic carbocycles. The number of carbonyl (C=O) groups excluding carboxylic acids is 1. The van der Waals surface area contributed by atoms with Crippen LogP contribution in [0.2, 0.25) is 5.15 Å². The molecule has 2 aliphatic rings. The molecular weight excluding hydrogens is 312 g/mol. The second-order valence-electron chi connectivity index (χ2n) is 6.03. The summed E-state index contributed by atoms with van der Waals surface area (Å²) in [4.78, 5) is 22.5. The highest BCUT2D eigenvalue weighted by atomic mass is 35.5. The van der Waals surface area contributed by atoms with E-state index in [0.29, 0.717) is 23.3 Å². The lowest BCUT2D eigenvalue weighted by atomic mass is 10.2. The number of benzene rings is 1. The van der Waals surface area contributed by atoms with E-state index in [1.165, 1.54) is 0 Å². The first kappa shape index (κ1) is 14.5. The summed E-state index contributed by atoms with van der Waals surface area (Å²) < 4.78 is 0. The minimum atomic E-state index is 0.184. The van der Waals surface area contributed by atoms with Gasteiger partial charge in [0.1, 0.15) is 16.8 Å². The molecule has 0 spiro atoms. The van der Waals surface area contributed by atoms with Gasteiger partial charge in [-0.1, -0.05) is 17.7 Å². The van der Waals surface area contributed by atoms with Crippen LogP contribution >= 0.6 is 11.6 Å². The predicted molar refractivity (Wildman–Crippen MR) is 90.3 cm³/mol. The highest BCUT2D eigenvalue weighted by molar-refractivity contribution is 6.29. The molecule has 6 heteroatoms. The van der Waals surface area contributed by atoms with E-state index < -0.39 is 0 Å². The van der Waals surface area contributed by atoms with Gasteiger partial charge in [0.05, 0.1) is 0 Å². The molecule has 1 saturated carbocycles. The van der Waals surface area contributed by atoms with Crippen LogP contribution in [0.15, 0.2) is 30.3 Å². The molecule has 0 atom stereocenters. The summed E-state index contributed by atoms with van der Waals surface area (Å²) >= 11 is 6.10. The van der Waals surface area contributed by atoms with Crippen LogP contribution in [0.1, 0.15) is 37.4 Å². The van der Waals surface area contributed by atoms with Crippen LogP contribution in [0.3, 0.4) is 0 Å². The average Bonchev–Trinajstić information content (AvgIpc) is 3.29. The minimum Gasteiger partial charge on any atom is -0.340 e. The average molecular weight is 329 g/mol. The topological polar surface area (TPSA) is 58.1 Å². The number of anilines is 3. The van der Waals surface area contributed by atoms with Crippen molar-refractivity contribution in [1.29, 1.82) is 0 Å². The number of rotatable bonds is 4. The molecule has 1 N–H and O–H groups in total. The highest BCUT2D eigenvalue weighted by Gasteiger charge is 2.27. The van der Waals surface area contributed by atoms with Crippen molar-refractivity contribution in [3.05, 3.63) is 41.3 Å². The van der Waals surface area contributed by atoms with Gasteiger partial charge in [-0.15, -0.1) is 0 Å². The molecule has 0 bridgehead atoms. The van der Waals surface area contributed by atoms with E-state index in [4.69, 9.17) is 11.6 Å². The molecule has 1 saturated heterocycles. The summed E-state index contributed by atoms with van der Waals surface area (Å²) in [7, 11) is 0. The molecule has 4 rings (SSSR count). The molecule has 2 heterocycles. The van der Waals surface area contributed by atoms with Crippen molar-refractivity contribution in [3.63, 3.8) is 0 Å². The van der Waals surface area contributed by atoms with Crippen LogP contribution in [0, 0.1) is 0 Å². The van der Waals surface area contributed by atoms with Crippen molar-refractivity contribution >= 4 is 34.7 Å². The number of hydrogen-bond donors (Lipinski definition) is 1. The zero-order valence-electron chi connectivity index (χ0n) is 12.6. The van der Waals surface area contributed by atoms with Crippen molar-refractivity contribution in [2.45, 2.75) is 31.6 Å². The third kappa shape index (κ3) is 3.15. The van der Waals surface area contributed by atoms with E-state index in [-0.39, 0.29) is 5.91 Å². The number of halogens is 1. The predicted octanol–water partition coefficient (Wildman–Crippen LogP) is 3.88. The summed E-state index contributed by atoms with van der Waals surface area (Å²) in [6.07, 6.45) is 3.81. The Labute approximate surface area is 139 Å². The second kappa shape index (κ2) is 5.81. The fourth-order valence-electron chi connectivity index (χ4n) is 2.84.